The van der Waals surface area contributed by atoms with E-state index in [1.807, 2.05) is 50.2 Å². The van der Waals surface area contributed by atoms with Crippen LogP contribution in [0.5, 0.6) is 5.75 Å². The molecule has 0 aliphatic rings. The second-order valence-corrected chi connectivity index (χ2v) is 5.46. The van der Waals surface area contributed by atoms with Gasteiger partial charge in [-0.2, -0.15) is 0 Å². The topological polar surface area (TPSA) is 59.9 Å². The van der Waals surface area contributed by atoms with Crippen molar-refractivity contribution >= 4 is 11.6 Å². The van der Waals surface area contributed by atoms with Crippen LogP contribution in [-0.2, 0) is 16.2 Å². The van der Waals surface area contributed by atoms with Crippen LogP contribution in [0, 0.1) is 13.8 Å². The van der Waals surface area contributed by atoms with E-state index in [4.69, 9.17) is 9.57 Å². The normalized spacial score (nSPS) is 11.1. The van der Waals surface area contributed by atoms with Crippen LogP contribution in [0.1, 0.15) is 22.3 Å². The van der Waals surface area contributed by atoms with E-state index in [2.05, 4.69) is 16.5 Å². The van der Waals surface area contributed by atoms with Crippen molar-refractivity contribution in [2.75, 3.05) is 14.2 Å². The van der Waals surface area contributed by atoms with Gasteiger partial charge in [-0.25, -0.2) is 0 Å². The number of aryl methyl sites for hydroxylation is 2. The number of carbonyl (C=O) groups is 1. The van der Waals surface area contributed by atoms with E-state index in [9.17, 15) is 4.79 Å². The molecule has 0 bridgehead atoms. The first-order valence-corrected chi connectivity index (χ1v) is 7.67. The Morgan fingerprint density at radius 2 is 1.83 bits per heavy atom. The van der Waals surface area contributed by atoms with Crippen molar-refractivity contribution in [3.05, 3.63) is 64.7 Å². The number of nitrogens with one attached hydrogen (secondary N) is 1. The largest absolute Gasteiger partial charge is 0.489 e. The van der Waals surface area contributed by atoms with Gasteiger partial charge in [0.1, 0.15) is 19.5 Å². The first kappa shape index (κ1) is 17.5. The molecule has 0 heterocycles. The molecule has 5 nitrogen and oxygen atoms in total. The number of oxime groups is 1. The van der Waals surface area contributed by atoms with E-state index in [0.717, 1.165) is 22.4 Å². The fourth-order valence-corrected chi connectivity index (χ4v) is 2.22. The van der Waals surface area contributed by atoms with Crippen LogP contribution in [0.15, 0.2) is 47.6 Å². The Kier molecular flexibility index (Phi) is 5.95. The number of carbonyl (C=O) groups excluding carboxylic acids is 1. The van der Waals surface area contributed by atoms with Crippen LogP contribution in [0.25, 0.3) is 0 Å². The Balaban J connectivity index is 2.10. The third kappa shape index (κ3) is 4.35. The van der Waals surface area contributed by atoms with Crippen molar-refractivity contribution in [1.82, 2.24) is 5.32 Å². The predicted molar refractivity (Wildman–Crippen MR) is 94.3 cm³/mol. The van der Waals surface area contributed by atoms with Crippen LogP contribution in [0.3, 0.4) is 0 Å². The van der Waals surface area contributed by atoms with Gasteiger partial charge in [0.15, 0.2) is 5.71 Å². The molecule has 24 heavy (non-hydrogen) atoms. The van der Waals surface area contributed by atoms with Crippen LogP contribution >= 0.6 is 0 Å². The molecule has 126 valence electrons. The monoisotopic (exact) mass is 326 g/mol. The Morgan fingerprint density at radius 3 is 2.46 bits per heavy atom. The molecule has 2 aromatic carbocycles. The Bertz CT molecular complexity index is 737. The molecule has 0 unspecified atom stereocenters. The molecule has 1 N–H and O–H groups in total. The van der Waals surface area contributed by atoms with Crippen molar-refractivity contribution in [2.24, 2.45) is 5.16 Å². The molecule has 0 fully saturated rings. The SMILES string of the molecule is CNC(=O)C(=NOC)c1ccc(COc2cc(C)ccc2C)cc1. The van der Waals surface area contributed by atoms with Crippen molar-refractivity contribution < 1.29 is 14.4 Å². The van der Waals surface area contributed by atoms with Crippen LogP contribution < -0.4 is 10.1 Å². The molecule has 0 radical (unpaired) electrons. The number of likely N-dealkylation sites (N-methyl/N-ethyl adjacent to an activating group) is 1. The maximum Gasteiger partial charge on any atom is 0.273 e. The molecule has 0 spiro atoms. The second-order valence-electron chi connectivity index (χ2n) is 5.46. The quantitative estimate of drug-likeness (QED) is 0.656. The lowest BCUT2D eigenvalue weighted by Crippen LogP contribution is -2.28. The van der Waals surface area contributed by atoms with E-state index in [0.29, 0.717) is 12.2 Å². The number of rotatable bonds is 6. The maximum absolute atomic E-state index is 11.8. The number of hydrogen-bond donors (Lipinski definition) is 1. The van der Waals surface area contributed by atoms with E-state index in [1.165, 1.54) is 7.11 Å². The molecule has 0 saturated carbocycles. The highest BCUT2D eigenvalue weighted by atomic mass is 16.6. The third-order valence-corrected chi connectivity index (χ3v) is 3.59. The summed E-state index contributed by atoms with van der Waals surface area (Å²) in [5.74, 6) is 0.585. The Morgan fingerprint density at radius 1 is 1.12 bits per heavy atom. The minimum Gasteiger partial charge on any atom is -0.489 e. The highest BCUT2D eigenvalue weighted by Crippen LogP contribution is 2.20. The summed E-state index contributed by atoms with van der Waals surface area (Å²) in [6.45, 7) is 4.52. The average molecular weight is 326 g/mol. The molecule has 0 aliphatic carbocycles. The standard InChI is InChI=1S/C19H22N2O3/c1-13-5-6-14(2)17(11-13)24-12-15-7-9-16(10-8-15)18(21-23-4)19(22)20-3/h5-11H,12H2,1-4H3,(H,20,22). The zero-order valence-electron chi connectivity index (χ0n) is 14.4. The highest BCUT2D eigenvalue weighted by Gasteiger charge is 2.13. The van der Waals surface area contributed by atoms with E-state index < -0.39 is 0 Å². The van der Waals surface area contributed by atoms with Gasteiger partial charge in [0.2, 0.25) is 0 Å². The van der Waals surface area contributed by atoms with Gasteiger partial charge >= 0.3 is 0 Å². The van der Waals surface area contributed by atoms with Crippen molar-refractivity contribution in [3.63, 3.8) is 0 Å². The van der Waals surface area contributed by atoms with Crippen LogP contribution in [0.2, 0.25) is 0 Å². The van der Waals surface area contributed by atoms with E-state index in [-0.39, 0.29) is 11.6 Å². The summed E-state index contributed by atoms with van der Waals surface area (Å²) in [5.41, 5.74) is 4.20. The number of ether oxygens (including phenoxy) is 1. The summed E-state index contributed by atoms with van der Waals surface area (Å²) in [7, 11) is 2.97. The van der Waals surface area contributed by atoms with Gasteiger partial charge in [0, 0.05) is 12.6 Å². The van der Waals surface area contributed by atoms with Gasteiger partial charge in [0.05, 0.1) is 0 Å². The average Bonchev–Trinajstić information content (AvgIpc) is 2.60. The number of amides is 1. The molecule has 5 heteroatoms. The fraction of sp³-hybridized carbons (Fsp3) is 0.263. The lowest BCUT2D eigenvalue weighted by atomic mass is 10.1. The van der Waals surface area contributed by atoms with Gasteiger partial charge in [-0.3, -0.25) is 4.79 Å². The number of hydrogen-bond acceptors (Lipinski definition) is 4. The van der Waals surface area contributed by atoms with Crippen molar-refractivity contribution in [1.29, 1.82) is 0 Å². The van der Waals surface area contributed by atoms with Gasteiger partial charge in [-0.15, -0.1) is 0 Å². The van der Waals surface area contributed by atoms with Gasteiger partial charge in [-0.1, -0.05) is 41.6 Å². The zero-order valence-corrected chi connectivity index (χ0v) is 14.4. The summed E-state index contributed by atoms with van der Waals surface area (Å²) in [5, 5.41) is 6.33. The first-order chi connectivity index (χ1) is 11.5. The number of nitrogens with zero attached hydrogens (tertiary/aromatic N) is 1. The summed E-state index contributed by atoms with van der Waals surface area (Å²) in [4.78, 5) is 16.6. The minimum absolute atomic E-state index is 0.238. The summed E-state index contributed by atoms with van der Waals surface area (Å²) < 4.78 is 5.89. The lowest BCUT2D eigenvalue weighted by Gasteiger charge is -2.11. The second kappa shape index (κ2) is 8.15. The smallest absolute Gasteiger partial charge is 0.273 e. The highest BCUT2D eigenvalue weighted by molar-refractivity contribution is 6.45. The number of benzene rings is 2. The van der Waals surface area contributed by atoms with Crippen molar-refractivity contribution in [2.45, 2.75) is 20.5 Å². The van der Waals surface area contributed by atoms with Gasteiger partial charge in [0.25, 0.3) is 5.91 Å². The molecule has 0 atom stereocenters. The summed E-state index contributed by atoms with van der Waals surface area (Å²) >= 11 is 0. The molecule has 0 saturated heterocycles. The maximum atomic E-state index is 11.8. The van der Waals surface area contributed by atoms with E-state index in [1.54, 1.807) is 7.05 Å². The molecule has 0 aromatic heterocycles. The van der Waals surface area contributed by atoms with Crippen molar-refractivity contribution in [3.8, 4) is 5.75 Å². The fourth-order valence-electron chi connectivity index (χ4n) is 2.22. The van der Waals surface area contributed by atoms with Gasteiger partial charge in [-0.05, 0) is 36.6 Å². The minimum atomic E-state index is -0.295. The molecule has 1 amide bonds. The van der Waals surface area contributed by atoms with Crippen LogP contribution in [0.4, 0.5) is 0 Å². The Labute approximate surface area is 142 Å². The Hall–Kier alpha value is -2.82. The zero-order chi connectivity index (χ0) is 17.5. The lowest BCUT2D eigenvalue weighted by molar-refractivity contribution is -0.114. The summed E-state index contributed by atoms with van der Waals surface area (Å²) in [6, 6.07) is 13.6. The molecule has 0 aliphatic heterocycles. The molecule has 2 aromatic rings. The molecule has 2 rings (SSSR count). The molecular weight excluding hydrogens is 304 g/mol. The summed E-state index contributed by atoms with van der Waals surface area (Å²) in [6.07, 6.45) is 0. The third-order valence-electron chi connectivity index (χ3n) is 3.59. The van der Waals surface area contributed by atoms with Crippen LogP contribution in [-0.4, -0.2) is 25.8 Å². The predicted octanol–water partition coefficient (Wildman–Crippen LogP) is 2.98. The molecular formula is C19H22N2O3. The van der Waals surface area contributed by atoms with E-state index >= 15 is 0 Å². The van der Waals surface area contributed by atoms with Gasteiger partial charge < -0.3 is 14.9 Å². The first-order valence-electron chi connectivity index (χ1n) is 7.67.